The van der Waals surface area contributed by atoms with Gasteiger partial charge in [0.05, 0.1) is 24.2 Å². The Morgan fingerprint density at radius 1 is 0.963 bits per heavy atom. The molecule has 0 aliphatic carbocycles. The number of ether oxygens (including phenoxy) is 1. The third kappa shape index (κ3) is 3.39. The highest BCUT2D eigenvalue weighted by Gasteiger charge is 2.14. The Morgan fingerprint density at radius 2 is 1.67 bits per heavy atom. The summed E-state index contributed by atoms with van der Waals surface area (Å²) in [6, 6.07) is 16.6. The van der Waals surface area contributed by atoms with Crippen molar-refractivity contribution in [1.82, 2.24) is 15.2 Å². The number of benzene rings is 2. The van der Waals surface area contributed by atoms with Crippen LogP contribution in [-0.4, -0.2) is 28.5 Å². The molecular weight excluding hydrogens is 344 g/mol. The number of hydrazone groups is 1. The van der Waals surface area contributed by atoms with Crippen LogP contribution in [0.3, 0.4) is 0 Å². The molecule has 1 amide bonds. The summed E-state index contributed by atoms with van der Waals surface area (Å²) in [5, 5.41) is 7.22. The van der Waals surface area contributed by atoms with E-state index in [9.17, 15) is 9.59 Å². The number of amides is 1. The summed E-state index contributed by atoms with van der Waals surface area (Å²) in [6.45, 7) is 0. The van der Waals surface area contributed by atoms with Crippen LogP contribution in [0.2, 0.25) is 0 Å². The van der Waals surface area contributed by atoms with Crippen LogP contribution in [0, 0.1) is 0 Å². The van der Waals surface area contributed by atoms with Crippen LogP contribution in [0.25, 0.3) is 16.9 Å². The van der Waals surface area contributed by atoms with E-state index in [4.69, 9.17) is 4.74 Å². The molecule has 1 aliphatic heterocycles. The molecule has 0 radical (unpaired) electrons. The lowest BCUT2D eigenvalue weighted by atomic mass is 10.0. The Balaban J connectivity index is 1.61. The molecular formula is C20H18N4O3. The lowest BCUT2D eigenvalue weighted by Gasteiger charge is -2.12. The summed E-state index contributed by atoms with van der Waals surface area (Å²) in [5.41, 5.74) is 6.46. The molecule has 0 atom stereocenters. The molecule has 0 saturated heterocycles. The van der Waals surface area contributed by atoms with Crippen molar-refractivity contribution in [2.45, 2.75) is 12.8 Å². The van der Waals surface area contributed by atoms with Crippen LogP contribution in [0.1, 0.15) is 18.4 Å². The first kappa shape index (κ1) is 16.8. The number of carbonyl (C=O) groups is 1. The van der Waals surface area contributed by atoms with Crippen molar-refractivity contribution < 1.29 is 9.53 Å². The molecule has 2 aromatic carbocycles. The van der Waals surface area contributed by atoms with E-state index in [1.165, 1.54) is 4.68 Å². The molecule has 1 aromatic heterocycles. The molecule has 4 rings (SSSR count). The summed E-state index contributed by atoms with van der Waals surface area (Å²) < 4.78 is 6.65. The highest BCUT2D eigenvalue weighted by atomic mass is 16.5. The number of aromatic nitrogens is 2. The molecule has 0 spiro atoms. The smallest absolute Gasteiger partial charge is 0.271 e. The fourth-order valence-electron chi connectivity index (χ4n) is 2.99. The average Bonchev–Trinajstić information content (AvgIpc) is 3.10. The first-order chi connectivity index (χ1) is 13.1. The zero-order chi connectivity index (χ0) is 18.8. The van der Waals surface area contributed by atoms with Gasteiger partial charge < -0.3 is 4.74 Å². The SMILES string of the molecule is COc1ccc(-c2cc(=O)n(-c3ccc(C4=NNC(=O)CC4)cc3)[nH]2)cc1. The number of hydrogen-bond donors (Lipinski definition) is 2. The van der Waals surface area contributed by atoms with Gasteiger partial charge in [-0.15, -0.1) is 0 Å². The minimum Gasteiger partial charge on any atom is -0.497 e. The average molecular weight is 362 g/mol. The molecule has 136 valence electrons. The van der Waals surface area contributed by atoms with E-state index in [0.29, 0.717) is 12.8 Å². The maximum absolute atomic E-state index is 12.4. The highest BCUT2D eigenvalue weighted by molar-refractivity contribution is 6.04. The van der Waals surface area contributed by atoms with E-state index in [0.717, 1.165) is 34.0 Å². The van der Waals surface area contributed by atoms with Crippen LogP contribution < -0.4 is 15.7 Å². The van der Waals surface area contributed by atoms with Crippen molar-refractivity contribution in [3.05, 3.63) is 70.5 Å². The number of H-pyrrole nitrogens is 1. The Bertz CT molecular complexity index is 1060. The zero-order valence-electron chi connectivity index (χ0n) is 14.7. The van der Waals surface area contributed by atoms with E-state index in [1.54, 1.807) is 13.2 Å². The fourth-order valence-corrected chi connectivity index (χ4v) is 2.99. The van der Waals surface area contributed by atoms with Gasteiger partial charge >= 0.3 is 0 Å². The Labute approximate surface area is 155 Å². The number of hydrogen-bond acceptors (Lipinski definition) is 4. The molecule has 3 aromatic rings. The van der Waals surface area contributed by atoms with Crippen molar-refractivity contribution in [2.75, 3.05) is 7.11 Å². The molecule has 1 aliphatic rings. The molecule has 27 heavy (non-hydrogen) atoms. The number of methoxy groups -OCH3 is 1. The van der Waals surface area contributed by atoms with Crippen molar-refractivity contribution in [2.24, 2.45) is 5.10 Å². The summed E-state index contributed by atoms with van der Waals surface area (Å²) >= 11 is 0. The van der Waals surface area contributed by atoms with Gasteiger partial charge in [-0.3, -0.25) is 14.7 Å². The minimum atomic E-state index is -0.143. The van der Waals surface area contributed by atoms with Gasteiger partial charge in [0.1, 0.15) is 5.75 Å². The molecule has 2 heterocycles. The highest BCUT2D eigenvalue weighted by Crippen LogP contribution is 2.20. The Morgan fingerprint density at radius 3 is 2.30 bits per heavy atom. The standard InChI is InChI=1S/C20H18N4O3/c1-27-16-8-4-14(5-9-16)18-12-20(26)24(23-18)15-6-2-13(3-7-15)17-10-11-19(25)22-21-17/h2-9,12,23H,10-11H2,1H3,(H,22,25). The van der Waals surface area contributed by atoms with Crippen LogP contribution in [-0.2, 0) is 4.79 Å². The summed E-state index contributed by atoms with van der Waals surface area (Å²) in [7, 11) is 1.61. The van der Waals surface area contributed by atoms with E-state index < -0.39 is 0 Å². The second-order valence-electron chi connectivity index (χ2n) is 6.21. The third-order valence-corrected chi connectivity index (χ3v) is 4.48. The van der Waals surface area contributed by atoms with Gasteiger partial charge in [-0.25, -0.2) is 10.1 Å². The third-order valence-electron chi connectivity index (χ3n) is 4.48. The van der Waals surface area contributed by atoms with Crippen molar-refractivity contribution in [1.29, 1.82) is 0 Å². The van der Waals surface area contributed by atoms with Gasteiger partial charge in [-0.2, -0.15) is 5.10 Å². The molecule has 0 saturated carbocycles. The predicted molar refractivity (Wildman–Crippen MR) is 102 cm³/mol. The minimum absolute atomic E-state index is 0.0700. The Hall–Kier alpha value is -3.61. The van der Waals surface area contributed by atoms with Gasteiger partial charge in [0.15, 0.2) is 0 Å². The number of carbonyl (C=O) groups excluding carboxylic acids is 1. The molecule has 2 N–H and O–H groups in total. The van der Waals surface area contributed by atoms with Crippen LogP contribution in [0.15, 0.2) is 64.5 Å². The second-order valence-corrected chi connectivity index (χ2v) is 6.21. The van der Waals surface area contributed by atoms with Crippen LogP contribution >= 0.6 is 0 Å². The van der Waals surface area contributed by atoms with Crippen molar-refractivity contribution in [3.8, 4) is 22.7 Å². The molecule has 7 heteroatoms. The van der Waals surface area contributed by atoms with Gasteiger partial charge in [0.25, 0.3) is 5.56 Å². The lowest BCUT2D eigenvalue weighted by Crippen LogP contribution is -2.25. The Kier molecular flexibility index (Phi) is 4.33. The number of nitrogens with zero attached hydrogens (tertiary/aromatic N) is 2. The van der Waals surface area contributed by atoms with E-state index in [2.05, 4.69) is 15.6 Å². The van der Waals surface area contributed by atoms with Gasteiger partial charge in [-0.05, 0) is 47.5 Å². The fraction of sp³-hybridized carbons (Fsp3) is 0.150. The number of nitrogens with one attached hydrogen (secondary N) is 2. The van der Waals surface area contributed by atoms with E-state index in [-0.39, 0.29) is 11.5 Å². The number of aromatic amines is 1. The van der Waals surface area contributed by atoms with Crippen LogP contribution in [0.5, 0.6) is 5.75 Å². The quantitative estimate of drug-likeness (QED) is 0.747. The number of rotatable bonds is 4. The first-order valence-corrected chi connectivity index (χ1v) is 8.57. The first-order valence-electron chi connectivity index (χ1n) is 8.57. The summed E-state index contributed by atoms with van der Waals surface area (Å²) in [5.74, 6) is 0.692. The molecule has 0 bridgehead atoms. The second kappa shape index (κ2) is 6.95. The maximum atomic E-state index is 12.4. The largest absolute Gasteiger partial charge is 0.497 e. The normalized spacial score (nSPS) is 13.8. The van der Waals surface area contributed by atoms with Crippen molar-refractivity contribution in [3.63, 3.8) is 0 Å². The topological polar surface area (TPSA) is 88.5 Å². The zero-order valence-corrected chi connectivity index (χ0v) is 14.7. The maximum Gasteiger partial charge on any atom is 0.271 e. The molecule has 0 unspecified atom stereocenters. The predicted octanol–water partition coefficient (Wildman–Crippen LogP) is 2.46. The van der Waals surface area contributed by atoms with E-state index >= 15 is 0 Å². The summed E-state index contributed by atoms with van der Waals surface area (Å²) in [4.78, 5) is 23.6. The lowest BCUT2D eigenvalue weighted by molar-refractivity contribution is -0.121. The monoisotopic (exact) mass is 362 g/mol. The van der Waals surface area contributed by atoms with Gasteiger partial charge in [0, 0.05) is 18.9 Å². The van der Waals surface area contributed by atoms with Gasteiger partial charge in [-0.1, -0.05) is 12.1 Å². The van der Waals surface area contributed by atoms with E-state index in [1.807, 2.05) is 48.5 Å². The van der Waals surface area contributed by atoms with Crippen LogP contribution in [0.4, 0.5) is 0 Å². The van der Waals surface area contributed by atoms with Gasteiger partial charge in [0.2, 0.25) is 5.91 Å². The van der Waals surface area contributed by atoms with Crippen molar-refractivity contribution >= 4 is 11.6 Å². The molecule has 7 nitrogen and oxygen atoms in total. The molecule has 0 fully saturated rings. The summed E-state index contributed by atoms with van der Waals surface area (Å²) in [6.07, 6.45) is 1.04.